The van der Waals surface area contributed by atoms with Gasteiger partial charge in [-0.15, -0.1) is 11.3 Å². The second-order valence-electron chi connectivity index (χ2n) is 5.62. The van der Waals surface area contributed by atoms with Gasteiger partial charge in [0.15, 0.2) is 0 Å². The Hall–Kier alpha value is -1.26. The molecule has 2 aromatic heterocycles. The molecular formula is C15H21N3S. The largest absolute Gasteiger partial charge is 0.307 e. The fourth-order valence-corrected chi connectivity index (χ4v) is 2.70. The van der Waals surface area contributed by atoms with E-state index in [0.29, 0.717) is 0 Å². The third-order valence-corrected chi connectivity index (χ3v) is 3.89. The van der Waals surface area contributed by atoms with Crippen LogP contribution in [0.25, 0.3) is 10.6 Å². The molecule has 0 aliphatic carbocycles. The molecule has 0 saturated heterocycles. The number of pyridine rings is 1. The molecule has 2 heterocycles. The minimum Gasteiger partial charge on any atom is -0.307 e. The van der Waals surface area contributed by atoms with E-state index < -0.39 is 0 Å². The minimum absolute atomic E-state index is 0.134. The van der Waals surface area contributed by atoms with E-state index in [-0.39, 0.29) is 5.54 Å². The van der Waals surface area contributed by atoms with E-state index in [0.717, 1.165) is 18.0 Å². The van der Waals surface area contributed by atoms with Gasteiger partial charge >= 0.3 is 0 Å². The van der Waals surface area contributed by atoms with Crippen molar-refractivity contribution in [2.75, 3.05) is 0 Å². The van der Waals surface area contributed by atoms with E-state index >= 15 is 0 Å². The maximum Gasteiger partial charge on any atom is 0.123 e. The van der Waals surface area contributed by atoms with Crippen molar-refractivity contribution in [3.05, 3.63) is 35.1 Å². The molecule has 0 aromatic carbocycles. The van der Waals surface area contributed by atoms with Gasteiger partial charge in [0.05, 0.1) is 0 Å². The van der Waals surface area contributed by atoms with E-state index in [2.05, 4.69) is 49.0 Å². The average molecular weight is 275 g/mol. The zero-order chi connectivity index (χ0) is 13.9. The molecule has 0 spiro atoms. The zero-order valence-electron chi connectivity index (χ0n) is 12.0. The first-order chi connectivity index (χ1) is 8.99. The van der Waals surface area contributed by atoms with Gasteiger partial charge in [-0.05, 0) is 38.8 Å². The molecule has 0 amide bonds. The van der Waals surface area contributed by atoms with Crippen LogP contribution < -0.4 is 5.32 Å². The monoisotopic (exact) mass is 275 g/mol. The van der Waals surface area contributed by atoms with Gasteiger partial charge in [-0.25, -0.2) is 4.98 Å². The molecule has 0 radical (unpaired) electrons. The van der Waals surface area contributed by atoms with Gasteiger partial charge in [0, 0.05) is 41.1 Å². The summed E-state index contributed by atoms with van der Waals surface area (Å²) in [4.78, 5) is 10.00. The molecule has 0 atom stereocenters. The van der Waals surface area contributed by atoms with Crippen molar-refractivity contribution in [3.63, 3.8) is 0 Å². The van der Waals surface area contributed by atoms with Crippen LogP contribution in [0.4, 0.5) is 0 Å². The molecule has 0 saturated carbocycles. The predicted octanol–water partition coefficient (Wildman–Crippen LogP) is 3.66. The Labute approximate surface area is 119 Å². The van der Waals surface area contributed by atoms with Crippen LogP contribution in [-0.2, 0) is 13.0 Å². The summed E-state index contributed by atoms with van der Waals surface area (Å²) in [5, 5.41) is 4.58. The van der Waals surface area contributed by atoms with Crippen molar-refractivity contribution < 1.29 is 0 Å². The van der Waals surface area contributed by atoms with E-state index in [9.17, 15) is 0 Å². The Kier molecular flexibility index (Phi) is 4.32. The molecule has 0 bridgehead atoms. The lowest BCUT2D eigenvalue weighted by molar-refractivity contribution is 0.426. The first kappa shape index (κ1) is 14.2. The Morgan fingerprint density at radius 3 is 2.74 bits per heavy atom. The Balaban J connectivity index is 2.17. The molecule has 0 fully saturated rings. The smallest absolute Gasteiger partial charge is 0.123 e. The molecule has 1 N–H and O–H groups in total. The molecule has 3 nitrogen and oxygen atoms in total. The third-order valence-electron chi connectivity index (χ3n) is 2.86. The van der Waals surface area contributed by atoms with Crippen LogP contribution in [0.3, 0.4) is 0 Å². The summed E-state index contributed by atoms with van der Waals surface area (Å²) in [6, 6.07) is 2.05. The first-order valence-corrected chi connectivity index (χ1v) is 7.44. The maximum absolute atomic E-state index is 4.55. The van der Waals surface area contributed by atoms with Gasteiger partial charge in [-0.2, -0.15) is 0 Å². The minimum atomic E-state index is 0.134. The average Bonchev–Trinajstić information content (AvgIpc) is 2.84. The quantitative estimate of drug-likeness (QED) is 0.925. The van der Waals surface area contributed by atoms with E-state index in [1.165, 1.54) is 16.0 Å². The molecular weight excluding hydrogens is 254 g/mol. The van der Waals surface area contributed by atoms with Crippen LogP contribution in [0.1, 0.15) is 38.1 Å². The van der Waals surface area contributed by atoms with Gasteiger partial charge in [0.2, 0.25) is 0 Å². The Bertz CT molecular complexity index is 540. The number of aromatic nitrogens is 2. The van der Waals surface area contributed by atoms with Crippen LogP contribution >= 0.6 is 11.3 Å². The molecule has 0 aliphatic heterocycles. The van der Waals surface area contributed by atoms with Crippen LogP contribution in [0.15, 0.2) is 24.7 Å². The molecule has 19 heavy (non-hydrogen) atoms. The summed E-state index contributed by atoms with van der Waals surface area (Å²) in [6.07, 6.45) is 6.73. The van der Waals surface area contributed by atoms with Gasteiger partial charge in [-0.1, -0.05) is 6.92 Å². The van der Waals surface area contributed by atoms with Crippen LogP contribution in [0.2, 0.25) is 0 Å². The summed E-state index contributed by atoms with van der Waals surface area (Å²) in [6.45, 7) is 9.54. The lowest BCUT2D eigenvalue weighted by atomic mass is 10.1. The highest BCUT2D eigenvalue weighted by Gasteiger charge is 2.12. The van der Waals surface area contributed by atoms with Crippen LogP contribution in [0, 0.1) is 0 Å². The molecule has 2 aromatic rings. The fourth-order valence-electron chi connectivity index (χ4n) is 1.78. The predicted molar refractivity (Wildman–Crippen MR) is 81.3 cm³/mol. The fraction of sp³-hybridized carbons (Fsp3) is 0.467. The summed E-state index contributed by atoms with van der Waals surface area (Å²) in [5.41, 5.74) is 2.60. The first-order valence-electron chi connectivity index (χ1n) is 6.62. The summed E-state index contributed by atoms with van der Waals surface area (Å²) >= 11 is 1.75. The topological polar surface area (TPSA) is 37.8 Å². The van der Waals surface area contributed by atoms with E-state index in [1.54, 1.807) is 11.3 Å². The second kappa shape index (κ2) is 5.80. The van der Waals surface area contributed by atoms with E-state index in [4.69, 9.17) is 0 Å². The Morgan fingerprint density at radius 1 is 1.26 bits per heavy atom. The van der Waals surface area contributed by atoms with Crippen molar-refractivity contribution in [2.45, 2.75) is 46.2 Å². The number of rotatable bonds is 4. The summed E-state index contributed by atoms with van der Waals surface area (Å²) < 4.78 is 0. The molecule has 0 aliphatic rings. The molecule has 2 rings (SSSR count). The summed E-state index contributed by atoms with van der Waals surface area (Å²) in [5.74, 6) is 0. The number of nitrogens with one attached hydrogen (secondary N) is 1. The highest BCUT2D eigenvalue weighted by atomic mass is 32.1. The number of hydrogen-bond acceptors (Lipinski definition) is 4. The second-order valence-corrected chi connectivity index (χ2v) is 6.74. The van der Waals surface area contributed by atoms with Crippen molar-refractivity contribution in [2.24, 2.45) is 0 Å². The van der Waals surface area contributed by atoms with Crippen LogP contribution in [-0.4, -0.2) is 15.5 Å². The van der Waals surface area contributed by atoms with Gasteiger partial charge in [0.1, 0.15) is 5.01 Å². The highest BCUT2D eigenvalue weighted by Crippen LogP contribution is 2.28. The van der Waals surface area contributed by atoms with Gasteiger partial charge < -0.3 is 5.32 Å². The zero-order valence-corrected chi connectivity index (χ0v) is 12.8. The third kappa shape index (κ3) is 3.85. The number of nitrogens with zero attached hydrogens (tertiary/aromatic N) is 2. The maximum atomic E-state index is 4.55. The lowest BCUT2D eigenvalue weighted by Gasteiger charge is -2.19. The van der Waals surface area contributed by atoms with Gasteiger partial charge in [-0.3, -0.25) is 4.98 Å². The normalized spacial score (nSPS) is 11.8. The van der Waals surface area contributed by atoms with Crippen LogP contribution in [0.5, 0.6) is 0 Å². The number of aryl methyl sites for hydroxylation is 1. The van der Waals surface area contributed by atoms with E-state index in [1.807, 2.05) is 18.6 Å². The van der Waals surface area contributed by atoms with Crippen molar-refractivity contribution in [1.29, 1.82) is 0 Å². The SMILES string of the molecule is CCc1cnccc1-c1ncc(CNC(C)(C)C)s1. The van der Waals surface area contributed by atoms with Crippen molar-refractivity contribution >= 4 is 11.3 Å². The highest BCUT2D eigenvalue weighted by molar-refractivity contribution is 7.15. The molecule has 102 valence electrons. The Morgan fingerprint density at radius 2 is 2.05 bits per heavy atom. The number of hydrogen-bond donors (Lipinski definition) is 1. The summed E-state index contributed by atoms with van der Waals surface area (Å²) in [7, 11) is 0. The standard InChI is InChI=1S/C15H21N3S/c1-5-11-8-16-7-6-13(11)14-17-9-12(19-14)10-18-15(2,3)4/h6-9,18H,5,10H2,1-4H3. The van der Waals surface area contributed by atoms with Crippen molar-refractivity contribution in [3.8, 4) is 10.6 Å². The number of thiazole rings is 1. The molecule has 0 unspecified atom stereocenters. The van der Waals surface area contributed by atoms with Crippen molar-refractivity contribution in [1.82, 2.24) is 15.3 Å². The van der Waals surface area contributed by atoms with Gasteiger partial charge in [0.25, 0.3) is 0 Å². The molecule has 4 heteroatoms. The lowest BCUT2D eigenvalue weighted by Crippen LogP contribution is -2.34.